The summed E-state index contributed by atoms with van der Waals surface area (Å²) in [4.78, 5) is 0. The van der Waals surface area contributed by atoms with Crippen LogP contribution in [0.4, 0.5) is 17.6 Å². The molecule has 0 radical (unpaired) electrons. The van der Waals surface area contributed by atoms with Crippen LogP contribution in [0.15, 0.2) is 30.8 Å². The molecule has 2 aromatic rings. The molecular weight excluding hydrogens is 387 g/mol. The molecule has 0 aromatic heterocycles. The van der Waals surface area contributed by atoms with Crippen molar-refractivity contribution in [2.24, 2.45) is 0 Å². The molecule has 0 amide bonds. The van der Waals surface area contributed by atoms with Gasteiger partial charge in [-0.1, -0.05) is 24.8 Å². The third kappa shape index (κ3) is 2.65. The highest BCUT2D eigenvalue weighted by atomic mass is 127. The van der Waals surface area contributed by atoms with Crippen molar-refractivity contribution in [2.45, 2.75) is 0 Å². The molecule has 20 heavy (non-hydrogen) atoms. The largest absolute Gasteiger partial charge is 0.451 e. The van der Waals surface area contributed by atoms with E-state index >= 15 is 0 Å². The monoisotopic (exact) mass is 394 g/mol. The summed E-state index contributed by atoms with van der Waals surface area (Å²) in [6.45, 7) is 3.54. The molecule has 0 N–H and O–H groups in total. The zero-order valence-electron chi connectivity index (χ0n) is 9.89. The van der Waals surface area contributed by atoms with Gasteiger partial charge in [-0.05, 0) is 40.3 Å². The molecule has 0 aliphatic heterocycles. The first-order valence-electron chi connectivity index (χ1n) is 5.37. The van der Waals surface area contributed by atoms with Crippen LogP contribution < -0.4 is 4.74 Å². The van der Waals surface area contributed by atoms with Gasteiger partial charge >= 0.3 is 0 Å². The second-order valence-corrected chi connectivity index (χ2v) is 4.85. The first kappa shape index (κ1) is 14.8. The summed E-state index contributed by atoms with van der Waals surface area (Å²) >= 11 is 1.18. The maximum absolute atomic E-state index is 13.6. The molecule has 6 heteroatoms. The first-order chi connectivity index (χ1) is 9.45. The van der Waals surface area contributed by atoms with Crippen molar-refractivity contribution < 1.29 is 22.3 Å². The predicted octanol–water partition coefficient (Wildman–Crippen LogP) is 5.28. The number of ether oxygens (including phenoxy) is 1. The van der Waals surface area contributed by atoms with E-state index in [2.05, 4.69) is 6.58 Å². The molecule has 0 unspecified atom stereocenters. The molecule has 0 atom stereocenters. The molecule has 0 saturated heterocycles. The lowest BCUT2D eigenvalue weighted by molar-refractivity contribution is 0.362. The lowest BCUT2D eigenvalue weighted by Crippen LogP contribution is -2.03. The molecule has 0 saturated carbocycles. The molecule has 104 valence electrons. The van der Waals surface area contributed by atoms with Crippen LogP contribution in [-0.2, 0) is 0 Å². The van der Waals surface area contributed by atoms with Gasteiger partial charge in [0.2, 0.25) is 17.4 Å². The summed E-state index contributed by atoms with van der Waals surface area (Å²) in [5.74, 6) is -7.16. The van der Waals surface area contributed by atoms with Gasteiger partial charge in [-0.3, -0.25) is 0 Å². The normalized spacial score (nSPS) is 10.4. The summed E-state index contributed by atoms with van der Waals surface area (Å²) in [5.41, 5.74) is 0.762. The third-order valence-corrected chi connectivity index (χ3v) is 3.45. The first-order valence-corrected chi connectivity index (χ1v) is 6.45. The highest BCUT2D eigenvalue weighted by Crippen LogP contribution is 2.33. The Labute approximate surface area is 126 Å². The highest BCUT2D eigenvalue weighted by molar-refractivity contribution is 14.1. The van der Waals surface area contributed by atoms with Gasteiger partial charge in [0, 0.05) is 0 Å². The summed E-state index contributed by atoms with van der Waals surface area (Å²) in [6, 6.07) is 5.97. The average molecular weight is 394 g/mol. The standard InChI is InChI=1S/C14H7F4IO/c1-2-7-3-5-8(6-4-7)20-14-11(17)9(15)13(19)10(16)12(14)18/h2-6H,1H2. The minimum absolute atomic E-state index is 0.0495. The second-order valence-electron chi connectivity index (χ2n) is 3.77. The van der Waals surface area contributed by atoms with E-state index in [1.54, 1.807) is 18.2 Å². The summed E-state index contributed by atoms with van der Waals surface area (Å²) < 4.78 is 58.1. The Morgan fingerprint density at radius 1 is 0.900 bits per heavy atom. The molecule has 0 spiro atoms. The lowest BCUT2D eigenvalue weighted by Gasteiger charge is -2.10. The van der Waals surface area contributed by atoms with Crippen LogP contribution in [0.3, 0.4) is 0 Å². The van der Waals surface area contributed by atoms with Gasteiger partial charge in [0.25, 0.3) is 0 Å². The summed E-state index contributed by atoms with van der Waals surface area (Å²) in [7, 11) is 0. The SMILES string of the molecule is C=Cc1ccc(Oc2c(F)c(F)c(I)c(F)c2F)cc1. The average Bonchev–Trinajstić information content (AvgIpc) is 2.48. The minimum atomic E-state index is -1.57. The predicted molar refractivity (Wildman–Crippen MR) is 75.6 cm³/mol. The van der Waals surface area contributed by atoms with Gasteiger partial charge in [-0.25, -0.2) is 8.78 Å². The van der Waals surface area contributed by atoms with E-state index in [-0.39, 0.29) is 5.75 Å². The molecule has 0 aliphatic carbocycles. The number of halogens is 5. The maximum atomic E-state index is 13.6. The second kappa shape index (κ2) is 5.82. The summed E-state index contributed by atoms with van der Waals surface area (Å²) in [5, 5.41) is 0. The van der Waals surface area contributed by atoms with E-state index in [1.165, 1.54) is 34.7 Å². The Hall–Kier alpha value is -1.57. The van der Waals surface area contributed by atoms with Crippen LogP contribution in [0.5, 0.6) is 11.5 Å². The smallest absolute Gasteiger partial charge is 0.205 e. The zero-order chi connectivity index (χ0) is 14.9. The minimum Gasteiger partial charge on any atom is -0.451 e. The van der Waals surface area contributed by atoms with Crippen molar-refractivity contribution in [3.8, 4) is 11.5 Å². The van der Waals surface area contributed by atoms with Crippen LogP contribution in [0, 0.1) is 26.8 Å². The zero-order valence-corrected chi connectivity index (χ0v) is 12.0. The Bertz CT molecular complexity index is 639. The quantitative estimate of drug-likeness (QED) is 0.298. The molecule has 0 heterocycles. The van der Waals surface area contributed by atoms with Crippen LogP contribution in [0.1, 0.15) is 5.56 Å². The topological polar surface area (TPSA) is 9.23 Å². The third-order valence-electron chi connectivity index (χ3n) is 2.51. The van der Waals surface area contributed by atoms with Gasteiger partial charge < -0.3 is 4.74 Å². The van der Waals surface area contributed by atoms with Gasteiger partial charge in [-0.15, -0.1) is 0 Å². The lowest BCUT2D eigenvalue weighted by atomic mass is 10.2. The fraction of sp³-hybridized carbons (Fsp3) is 0. The van der Waals surface area contributed by atoms with E-state index in [1.807, 2.05) is 0 Å². The Kier molecular flexibility index (Phi) is 4.32. The Balaban J connectivity index is 2.45. The van der Waals surface area contributed by atoms with Gasteiger partial charge in [0.1, 0.15) is 5.75 Å². The Morgan fingerprint density at radius 3 is 1.85 bits per heavy atom. The molecule has 0 bridgehead atoms. The van der Waals surface area contributed by atoms with Gasteiger partial charge in [-0.2, -0.15) is 8.78 Å². The van der Waals surface area contributed by atoms with Crippen molar-refractivity contribution in [3.05, 3.63) is 63.2 Å². The molecule has 2 aromatic carbocycles. The van der Waals surface area contributed by atoms with E-state index in [9.17, 15) is 17.6 Å². The molecule has 1 nitrogen and oxygen atoms in total. The van der Waals surface area contributed by atoms with Crippen molar-refractivity contribution in [1.29, 1.82) is 0 Å². The molecule has 0 aliphatic rings. The van der Waals surface area contributed by atoms with Crippen LogP contribution in [0.2, 0.25) is 0 Å². The fourth-order valence-corrected chi connectivity index (χ4v) is 1.94. The molecular formula is C14H7F4IO. The number of benzene rings is 2. The number of rotatable bonds is 3. The summed E-state index contributed by atoms with van der Waals surface area (Å²) in [6.07, 6.45) is 1.56. The van der Waals surface area contributed by atoms with Crippen LogP contribution in [-0.4, -0.2) is 0 Å². The van der Waals surface area contributed by atoms with E-state index in [0.717, 1.165) is 5.56 Å². The molecule has 2 rings (SSSR count). The maximum Gasteiger partial charge on any atom is 0.205 e. The van der Waals surface area contributed by atoms with Crippen LogP contribution in [0.25, 0.3) is 6.08 Å². The molecule has 0 fully saturated rings. The number of hydrogen-bond donors (Lipinski definition) is 0. The van der Waals surface area contributed by atoms with E-state index in [0.29, 0.717) is 0 Å². The van der Waals surface area contributed by atoms with Crippen molar-refractivity contribution >= 4 is 28.7 Å². The highest BCUT2D eigenvalue weighted by Gasteiger charge is 2.25. The van der Waals surface area contributed by atoms with Gasteiger partial charge in [0.15, 0.2) is 11.6 Å². The van der Waals surface area contributed by atoms with Crippen molar-refractivity contribution in [2.75, 3.05) is 0 Å². The van der Waals surface area contributed by atoms with E-state index in [4.69, 9.17) is 4.74 Å². The fourth-order valence-electron chi connectivity index (χ4n) is 1.46. The van der Waals surface area contributed by atoms with E-state index < -0.39 is 32.6 Å². The van der Waals surface area contributed by atoms with Crippen molar-refractivity contribution in [3.63, 3.8) is 0 Å². The Morgan fingerprint density at radius 2 is 1.40 bits per heavy atom. The number of hydrogen-bond acceptors (Lipinski definition) is 1. The van der Waals surface area contributed by atoms with Gasteiger partial charge in [0.05, 0.1) is 3.57 Å². The van der Waals surface area contributed by atoms with Crippen LogP contribution >= 0.6 is 22.6 Å². The van der Waals surface area contributed by atoms with Crippen molar-refractivity contribution in [1.82, 2.24) is 0 Å².